The van der Waals surface area contributed by atoms with Crippen molar-refractivity contribution in [2.24, 2.45) is 56.7 Å². The molecule has 5 aliphatic carbocycles. The van der Waals surface area contributed by atoms with Gasteiger partial charge in [-0.05, 0) is 146 Å². The maximum Gasteiger partial charge on any atom is 0.331 e. The molecule has 5 fully saturated rings. The maximum atomic E-state index is 13.0. The van der Waals surface area contributed by atoms with Crippen molar-refractivity contribution in [3.8, 4) is 11.5 Å². The Morgan fingerprint density at radius 1 is 0.932 bits per heavy atom. The van der Waals surface area contributed by atoms with Crippen molar-refractivity contribution in [1.82, 2.24) is 0 Å². The van der Waals surface area contributed by atoms with Gasteiger partial charge in [-0.2, -0.15) is 0 Å². The van der Waals surface area contributed by atoms with E-state index < -0.39 is 0 Å². The SMILES string of the molecule is C=C(CC[C@@H](C)[C@H]1CC[C@@]2(C)[C@@H]3CC[C@H]4C(C)(C)[C@@H](OC(=O)/C=C/c5ccc(O)c(O)c5)CC[C@@]45C[C@@]35CC[C@]12C)C(C)C. The normalized spacial score (nSPS) is 40.9. The summed E-state index contributed by atoms with van der Waals surface area (Å²) in [6.45, 7) is 21.6. The molecule has 1 aromatic rings. The Balaban J connectivity index is 1.15. The lowest BCUT2D eigenvalue weighted by Gasteiger charge is -2.63. The van der Waals surface area contributed by atoms with E-state index >= 15 is 0 Å². The van der Waals surface area contributed by atoms with Crippen LogP contribution in [0.1, 0.15) is 125 Å². The van der Waals surface area contributed by atoms with Crippen LogP contribution in [0.3, 0.4) is 0 Å². The predicted molar refractivity (Wildman–Crippen MR) is 178 cm³/mol. The molecule has 9 atom stereocenters. The lowest BCUT2D eigenvalue weighted by atomic mass is 9.41. The zero-order chi connectivity index (χ0) is 31.9. The average molecular weight is 603 g/mol. The van der Waals surface area contributed by atoms with Gasteiger partial charge in [-0.15, -0.1) is 0 Å². The van der Waals surface area contributed by atoms with Crippen LogP contribution in [0.25, 0.3) is 6.08 Å². The summed E-state index contributed by atoms with van der Waals surface area (Å²) in [4.78, 5) is 13.0. The number of phenolic OH excluding ortho intramolecular Hbond substituents is 2. The van der Waals surface area contributed by atoms with E-state index in [0.717, 1.165) is 24.2 Å². The molecule has 5 aliphatic rings. The molecule has 4 heteroatoms. The van der Waals surface area contributed by atoms with Crippen LogP contribution in [-0.2, 0) is 9.53 Å². The van der Waals surface area contributed by atoms with Gasteiger partial charge in [0, 0.05) is 11.5 Å². The molecule has 0 aromatic heterocycles. The topological polar surface area (TPSA) is 66.8 Å². The zero-order valence-electron chi connectivity index (χ0n) is 28.5. The van der Waals surface area contributed by atoms with E-state index in [1.54, 1.807) is 12.1 Å². The Bertz CT molecular complexity index is 1340. The fourth-order valence-electron chi connectivity index (χ4n) is 12.4. The summed E-state index contributed by atoms with van der Waals surface area (Å²) >= 11 is 0. The summed E-state index contributed by atoms with van der Waals surface area (Å²) in [5, 5.41) is 19.4. The molecule has 0 unspecified atom stereocenters. The molecule has 2 N–H and O–H groups in total. The molecule has 0 radical (unpaired) electrons. The van der Waals surface area contributed by atoms with E-state index in [4.69, 9.17) is 4.74 Å². The van der Waals surface area contributed by atoms with Gasteiger partial charge in [0.05, 0.1) is 0 Å². The first-order chi connectivity index (χ1) is 20.6. The number of ether oxygens (including phenoxy) is 1. The van der Waals surface area contributed by atoms with E-state index in [2.05, 4.69) is 55.0 Å². The van der Waals surface area contributed by atoms with Crippen LogP contribution < -0.4 is 0 Å². The van der Waals surface area contributed by atoms with Crippen molar-refractivity contribution in [2.45, 2.75) is 125 Å². The summed E-state index contributed by atoms with van der Waals surface area (Å²) in [7, 11) is 0. The quantitative estimate of drug-likeness (QED) is 0.134. The van der Waals surface area contributed by atoms with Crippen LogP contribution in [0, 0.1) is 56.7 Å². The molecule has 0 bridgehead atoms. The lowest BCUT2D eigenvalue weighted by molar-refractivity contribution is -0.179. The standard InChI is InChI=1S/C40H58O4/c1-25(2)26(3)9-10-27(4)29-17-19-38(8)33-15-14-32-36(5,6)34(18-20-39(32)24-40(33,39)22-21-37(29,38)7)44-35(43)16-12-28-11-13-30(41)31(42)23-28/h11-13,16,23,25,27,29,32-34,41-42H,3,9-10,14-15,17-22,24H2,1-2,4-8H3/b16-12+/t27-,29-,32+,33+,34+,37-,38+,39-,40+/m1/s1. The number of benzene rings is 1. The lowest BCUT2D eigenvalue weighted by Crippen LogP contribution is -2.58. The number of fused-ring (bicyclic) bond motifs is 2. The van der Waals surface area contributed by atoms with E-state index in [-0.39, 0.29) is 29.0 Å². The predicted octanol–water partition coefficient (Wildman–Crippen LogP) is 10.1. The van der Waals surface area contributed by atoms with Crippen molar-refractivity contribution in [2.75, 3.05) is 0 Å². The smallest absolute Gasteiger partial charge is 0.331 e. The molecular weight excluding hydrogens is 544 g/mol. The highest BCUT2D eigenvalue weighted by molar-refractivity contribution is 5.87. The van der Waals surface area contributed by atoms with Crippen molar-refractivity contribution < 1.29 is 19.7 Å². The van der Waals surface area contributed by atoms with Crippen LogP contribution in [-0.4, -0.2) is 22.3 Å². The van der Waals surface area contributed by atoms with Crippen molar-refractivity contribution >= 4 is 12.0 Å². The minimum Gasteiger partial charge on any atom is -0.504 e. The molecule has 0 heterocycles. The molecule has 1 aromatic carbocycles. The van der Waals surface area contributed by atoms with Gasteiger partial charge in [0.1, 0.15) is 6.10 Å². The van der Waals surface area contributed by atoms with Crippen LogP contribution in [0.2, 0.25) is 0 Å². The highest BCUT2D eigenvalue weighted by Gasteiger charge is 2.82. The number of aromatic hydroxyl groups is 2. The first-order valence-corrected chi connectivity index (χ1v) is 17.7. The van der Waals surface area contributed by atoms with Crippen LogP contribution in [0.5, 0.6) is 11.5 Å². The maximum absolute atomic E-state index is 13.0. The summed E-state index contributed by atoms with van der Waals surface area (Å²) in [6, 6.07) is 4.55. The third kappa shape index (κ3) is 4.54. The van der Waals surface area contributed by atoms with Crippen LogP contribution in [0.15, 0.2) is 36.4 Å². The first-order valence-electron chi connectivity index (χ1n) is 17.7. The number of allylic oxidation sites excluding steroid dienone is 1. The van der Waals surface area contributed by atoms with Gasteiger partial charge in [-0.1, -0.05) is 66.7 Å². The molecule has 44 heavy (non-hydrogen) atoms. The number of hydrogen-bond acceptors (Lipinski definition) is 4. The van der Waals surface area contributed by atoms with Gasteiger partial charge in [0.15, 0.2) is 11.5 Å². The second-order valence-electron chi connectivity index (χ2n) is 17.3. The summed E-state index contributed by atoms with van der Waals surface area (Å²) in [5.74, 6) is 2.90. The van der Waals surface area contributed by atoms with E-state index in [1.807, 2.05) is 0 Å². The largest absolute Gasteiger partial charge is 0.504 e. The highest BCUT2D eigenvalue weighted by Crippen LogP contribution is 2.89. The molecule has 6 rings (SSSR count). The molecule has 2 spiro atoms. The number of carbonyl (C=O) groups excluding carboxylic acids is 1. The molecular formula is C40H58O4. The number of rotatable bonds is 8. The van der Waals surface area contributed by atoms with Gasteiger partial charge < -0.3 is 14.9 Å². The Morgan fingerprint density at radius 2 is 1.64 bits per heavy atom. The summed E-state index contributed by atoms with van der Waals surface area (Å²) in [5.41, 5.74) is 3.78. The third-order valence-electron chi connectivity index (χ3n) is 15.2. The molecule has 0 aliphatic heterocycles. The molecule has 0 saturated heterocycles. The molecule has 4 nitrogen and oxygen atoms in total. The Labute approximate surface area is 266 Å². The minimum atomic E-state index is -0.324. The van der Waals surface area contributed by atoms with E-state index in [9.17, 15) is 15.0 Å². The summed E-state index contributed by atoms with van der Waals surface area (Å²) < 4.78 is 6.18. The first kappa shape index (κ1) is 31.7. The number of hydrogen-bond donors (Lipinski definition) is 2. The van der Waals surface area contributed by atoms with Gasteiger partial charge in [0.2, 0.25) is 0 Å². The van der Waals surface area contributed by atoms with Gasteiger partial charge in [0.25, 0.3) is 0 Å². The Morgan fingerprint density at radius 3 is 2.34 bits per heavy atom. The second-order valence-corrected chi connectivity index (χ2v) is 17.3. The number of esters is 1. The second kappa shape index (κ2) is 10.7. The Hall–Kier alpha value is -2.23. The van der Waals surface area contributed by atoms with Gasteiger partial charge in [-0.25, -0.2) is 4.79 Å². The van der Waals surface area contributed by atoms with Crippen molar-refractivity contribution in [3.63, 3.8) is 0 Å². The fraction of sp³-hybridized carbons (Fsp3) is 0.725. The van der Waals surface area contributed by atoms with Gasteiger partial charge >= 0.3 is 5.97 Å². The monoisotopic (exact) mass is 602 g/mol. The molecule has 242 valence electrons. The van der Waals surface area contributed by atoms with E-state index in [1.165, 1.54) is 88.0 Å². The van der Waals surface area contributed by atoms with Crippen LogP contribution >= 0.6 is 0 Å². The van der Waals surface area contributed by atoms with Crippen molar-refractivity contribution in [1.29, 1.82) is 0 Å². The zero-order valence-corrected chi connectivity index (χ0v) is 28.5. The number of carbonyl (C=O) groups is 1. The third-order valence-corrected chi connectivity index (χ3v) is 15.2. The number of phenols is 2. The van der Waals surface area contributed by atoms with Crippen molar-refractivity contribution in [3.05, 3.63) is 42.0 Å². The average Bonchev–Trinajstić information content (AvgIpc) is 3.55. The Kier molecular flexibility index (Phi) is 7.69. The molecule has 5 saturated carbocycles. The highest BCUT2D eigenvalue weighted by atomic mass is 16.5. The van der Waals surface area contributed by atoms with E-state index in [0.29, 0.717) is 39.1 Å². The molecule has 0 amide bonds. The summed E-state index contributed by atoms with van der Waals surface area (Å²) in [6.07, 6.45) is 17.2. The van der Waals surface area contributed by atoms with Gasteiger partial charge in [-0.3, -0.25) is 0 Å². The minimum absolute atomic E-state index is 0.0553. The fourth-order valence-corrected chi connectivity index (χ4v) is 12.4. The van der Waals surface area contributed by atoms with Crippen LogP contribution in [0.4, 0.5) is 0 Å².